The third kappa shape index (κ3) is 4.90. The molecule has 3 heteroatoms. The van der Waals surface area contributed by atoms with Crippen molar-refractivity contribution in [3.63, 3.8) is 0 Å². The van der Waals surface area contributed by atoms with Crippen molar-refractivity contribution in [3.8, 4) is 0 Å². The second-order valence-corrected chi connectivity index (χ2v) is 6.03. The Morgan fingerprint density at radius 1 is 1.00 bits per heavy atom. The first-order valence-corrected chi connectivity index (χ1v) is 8.12. The molecule has 0 amide bonds. The van der Waals surface area contributed by atoms with Crippen LogP contribution in [0.5, 0.6) is 0 Å². The molecule has 2 aromatic rings. The van der Waals surface area contributed by atoms with E-state index in [1.165, 1.54) is 11.1 Å². The van der Waals surface area contributed by atoms with E-state index in [-0.39, 0.29) is 6.04 Å². The minimum atomic E-state index is -0.476. The predicted octanol–water partition coefficient (Wildman–Crippen LogP) is 3.43. The molecule has 2 rings (SSSR count). The third-order valence-electron chi connectivity index (χ3n) is 4.45. The Hall–Kier alpha value is -1.68. The molecule has 0 saturated heterocycles. The first kappa shape index (κ1) is 17.7. The highest BCUT2D eigenvalue weighted by Gasteiger charge is 2.20. The van der Waals surface area contributed by atoms with E-state index < -0.39 is 6.10 Å². The van der Waals surface area contributed by atoms with Gasteiger partial charge in [0, 0.05) is 19.7 Å². The molecular weight excluding hydrogens is 286 g/mol. The van der Waals surface area contributed by atoms with Crippen molar-refractivity contribution < 1.29 is 9.84 Å². The lowest BCUT2D eigenvalue weighted by Gasteiger charge is -2.29. The van der Waals surface area contributed by atoms with Gasteiger partial charge < -0.3 is 14.7 Å². The molecule has 1 N–H and O–H groups in total. The van der Waals surface area contributed by atoms with Gasteiger partial charge in [0.25, 0.3) is 0 Å². The van der Waals surface area contributed by atoms with Crippen molar-refractivity contribution in [1.82, 2.24) is 4.90 Å². The standard InChI is InChI=1S/C20H27NO2/c1-16(20(22)18-10-5-4-6-11-18)21(2)14-13-17-9-7-8-12-19(17)15-23-3/h4-12,16,20,22H,13-15H2,1-3H3. The monoisotopic (exact) mass is 313 g/mol. The van der Waals surface area contributed by atoms with E-state index in [1.807, 2.05) is 36.4 Å². The summed E-state index contributed by atoms with van der Waals surface area (Å²) in [5, 5.41) is 10.5. The minimum absolute atomic E-state index is 0.0620. The topological polar surface area (TPSA) is 32.7 Å². The highest BCUT2D eigenvalue weighted by Crippen LogP contribution is 2.20. The van der Waals surface area contributed by atoms with E-state index in [9.17, 15) is 5.11 Å². The average molecular weight is 313 g/mol. The van der Waals surface area contributed by atoms with Gasteiger partial charge in [0.05, 0.1) is 12.7 Å². The second kappa shape index (κ2) is 8.82. The maximum atomic E-state index is 10.5. The van der Waals surface area contributed by atoms with Crippen LogP contribution in [-0.4, -0.2) is 36.8 Å². The molecule has 0 spiro atoms. The van der Waals surface area contributed by atoms with Crippen LogP contribution in [0.3, 0.4) is 0 Å². The number of nitrogens with zero attached hydrogens (tertiary/aromatic N) is 1. The molecule has 0 saturated carbocycles. The van der Waals surface area contributed by atoms with Gasteiger partial charge in [-0.2, -0.15) is 0 Å². The summed E-state index contributed by atoms with van der Waals surface area (Å²) in [7, 11) is 3.79. The van der Waals surface area contributed by atoms with Crippen LogP contribution in [0, 0.1) is 0 Å². The van der Waals surface area contributed by atoms with Gasteiger partial charge in [-0.05, 0) is 37.1 Å². The lowest BCUT2D eigenvalue weighted by atomic mass is 10.0. The Balaban J connectivity index is 1.95. The normalized spacial score (nSPS) is 14.0. The van der Waals surface area contributed by atoms with Gasteiger partial charge in [-0.15, -0.1) is 0 Å². The van der Waals surface area contributed by atoms with Gasteiger partial charge in [-0.25, -0.2) is 0 Å². The number of methoxy groups -OCH3 is 1. The fraction of sp³-hybridized carbons (Fsp3) is 0.400. The summed E-state index contributed by atoms with van der Waals surface area (Å²) in [5.41, 5.74) is 3.51. The van der Waals surface area contributed by atoms with E-state index in [2.05, 4.69) is 37.1 Å². The third-order valence-corrected chi connectivity index (χ3v) is 4.45. The van der Waals surface area contributed by atoms with Gasteiger partial charge in [-0.1, -0.05) is 54.6 Å². The zero-order valence-electron chi connectivity index (χ0n) is 14.3. The first-order chi connectivity index (χ1) is 11.1. The number of benzene rings is 2. The maximum Gasteiger partial charge on any atom is 0.0942 e. The molecule has 2 unspecified atom stereocenters. The number of hydrogen-bond acceptors (Lipinski definition) is 3. The predicted molar refractivity (Wildman–Crippen MR) is 94.4 cm³/mol. The van der Waals surface area contributed by atoms with E-state index >= 15 is 0 Å². The van der Waals surface area contributed by atoms with Crippen molar-refractivity contribution in [2.45, 2.75) is 32.1 Å². The van der Waals surface area contributed by atoms with Crippen LogP contribution in [0.4, 0.5) is 0 Å². The molecule has 124 valence electrons. The van der Waals surface area contributed by atoms with Crippen LogP contribution in [0.25, 0.3) is 0 Å². The molecular formula is C20H27NO2. The Morgan fingerprint density at radius 3 is 2.26 bits per heavy atom. The van der Waals surface area contributed by atoms with Crippen molar-refractivity contribution in [3.05, 3.63) is 71.3 Å². The molecule has 0 heterocycles. The number of likely N-dealkylation sites (N-methyl/N-ethyl adjacent to an activating group) is 1. The molecule has 0 aliphatic heterocycles. The average Bonchev–Trinajstić information content (AvgIpc) is 2.60. The zero-order chi connectivity index (χ0) is 16.7. The molecule has 2 aromatic carbocycles. The van der Waals surface area contributed by atoms with Gasteiger partial charge >= 0.3 is 0 Å². The number of rotatable bonds is 8. The first-order valence-electron chi connectivity index (χ1n) is 8.12. The molecule has 0 aromatic heterocycles. The lowest BCUT2D eigenvalue weighted by molar-refractivity contribution is 0.0731. The molecule has 3 nitrogen and oxygen atoms in total. The van der Waals surface area contributed by atoms with Crippen molar-refractivity contribution >= 4 is 0 Å². The Labute approximate surface area is 139 Å². The van der Waals surface area contributed by atoms with Crippen LogP contribution < -0.4 is 0 Å². The van der Waals surface area contributed by atoms with E-state index in [0.717, 1.165) is 18.5 Å². The fourth-order valence-corrected chi connectivity index (χ4v) is 2.77. The van der Waals surface area contributed by atoms with E-state index in [4.69, 9.17) is 4.74 Å². The number of aliphatic hydroxyl groups is 1. The minimum Gasteiger partial charge on any atom is -0.387 e. The van der Waals surface area contributed by atoms with Gasteiger partial charge in [-0.3, -0.25) is 0 Å². The lowest BCUT2D eigenvalue weighted by Crippen LogP contribution is -2.35. The summed E-state index contributed by atoms with van der Waals surface area (Å²) in [6.07, 6.45) is 0.470. The highest BCUT2D eigenvalue weighted by atomic mass is 16.5. The van der Waals surface area contributed by atoms with E-state index in [1.54, 1.807) is 7.11 Å². The zero-order valence-corrected chi connectivity index (χ0v) is 14.3. The van der Waals surface area contributed by atoms with Crippen LogP contribution in [0.2, 0.25) is 0 Å². The summed E-state index contributed by atoms with van der Waals surface area (Å²) < 4.78 is 5.27. The highest BCUT2D eigenvalue weighted by molar-refractivity contribution is 5.27. The fourth-order valence-electron chi connectivity index (χ4n) is 2.77. The summed E-state index contributed by atoms with van der Waals surface area (Å²) in [4.78, 5) is 2.21. The van der Waals surface area contributed by atoms with Crippen molar-refractivity contribution in [2.75, 3.05) is 20.7 Å². The summed E-state index contributed by atoms with van der Waals surface area (Å²) in [6.45, 7) is 3.60. The van der Waals surface area contributed by atoms with Crippen LogP contribution in [0.1, 0.15) is 29.7 Å². The van der Waals surface area contributed by atoms with Crippen LogP contribution in [-0.2, 0) is 17.8 Å². The van der Waals surface area contributed by atoms with Gasteiger partial charge in [0.2, 0.25) is 0 Å². The molecule has 0 aliphatic carbocycles. The van der Waals surface area contributed by atoms with Crippen LogP contribution in [0.15, 0.2) is 54.6 Å². The van der Waals surface area contributed by atoms with E-state index in [0.29, 0.717) is 6.61 Å². The van der Waals surface area contributed by atoms with Crippen LogP contribution >= 0.6 is 0 Å². The largest absolute Gasteiger partial charge is 0.387 e. The Kier molecular flexibility index (Phi) is 6.78. The number of hydrogen-bond donors (Lipinski definition) is 1. The molecule has 0 bridgehead atoms. The Bertz CT molecular complexity index is 585. The quantitative estimate of drug-likeness (QED) is 0.810. The van der Waals surface area contributed by atoms with Gasteiger partial charge in [0.15, 0.2) is 0 Å². The van der Waals surface area contributed by atoms with Gasteiger partial charge in [0.1, 0.15) is 0 Å². The smallest absolute Gasteiger partial charge is 0.0942 e. The second-order valence-electron chi connectivity index (χ2n) is 6.03. The number of aliphatic hydroxyl groups excluding tert-OH is 1. The SMILES string of the molecule is COCc1ccccc1CCN(C)C(C)C(O)c1ccccc1. The molecule has 0 fully saturated rings. The molecule has 0 aliphatic rings. The molecule has 23 heavy (non-hydrogen) atoms. The Morgan fingerprint density at radius 2 is 1.61 bits per heavy atom. The molecule has 0 radical (unpaired) electrons. The summed E-state index contributed by atoms with van der Waals surface area (Å²) in [6, 6.07) is 18.3. The maximum absolute atomic E-state index is 10.5. The summed E-state index contributed by atoms with van der Waals surface area (Å²) in [5.74, 6) is 0. The summed E-state index contributed by atoms with van der Waals surface area (Å²) >= 11 is 0. The number of ether oxygens (including phenoxy) is 1. The van der Waals surface area contributed by atoms with Crippen molar-refractivity contribution in [2.24, 2.45) is 0 Å². The van der Waals surface area contributed by atoms with Crippen molar-refractivity contribution in [1.29, 1.82) is 0 Å². The molecule has 2 atom stereocenters.